The molecular weight excluding hydrogens is 212 g/mol. The first-order chi connectivity index (χ1) is 8.31. The first kappa shape index (κ1) is 12.7. The lowest BCUT2D eigenvalue weighted by Gasteiger charge is -2.27. The summed E-state index contributed by atoms with van der Waals surface area (Å²) < 4.78 is 2.21. The van der Waals surface area contributed by atoms with Gasteiger partial charge in [-0.3, -0.25) is 0 Å². The summed E-state index contributed by atoms with van der Waals surface area (Å²) in [5, 5.41) is 12.7. The second-order valence-electron chi connectivity index (χ2n) is 5.13. The summed E-state index contributed by atoms with van der Waals surface area (Å²) in [6, 6.07) is 2.83. The molecule has 0 radical (unpaired) electrons. The van der Waals surface area contributed by atoms with Crippen LogP contribution in [0.15, 0.2) is 18.5 Å². The molecule has 1 aliphatic carbocycles. The third-order valence-corrected chi connectivity index (χ3v) is 3.88. The molecule has 1 aromatic heterocycles. The van der Waals surface area contributed by atoms with Crippen LogP contribution in [0.1, 0.15) is 38.2 Å². The molecule has 1 saturated carbocycles. The van der Waals surface area contributed by atoms with Crippen LogP contribution in [-0.2, 0) is 13.1 Å². The molecule has 17 heavy (non-hydrogen) atoms. The lowest BCUT2D eigenvalue weighted by Crippen LogP contribution is -2.33. The molecule has 1 aromatic rings. The summed E-state index contributed by atoms with van der Waals surface area (Å²) in [5.74, 6) is 0.550. The smallest absolute Gasteiger partial charge is 0.0459 e. The Morgan fingerprint density at radius 3 is 2.71 bits per heavy atom. The SMILES string of the molecule is CCn1ccc(CNC2CCC(CO)CC2)c1. The van der Waals surface area contributed by atoms with Crippen molar-refractivity contribution in [1.82, 2.24) is 9.88 Å². The van der Waals surface area contributed by atoms with Gasteiger partial charge < -0.3 is 15.0 Å². The van der Waals surface area contributed by atoms with Crippen LogP contribution in [0.4, 0.5) is 0 Å². The van der Waals surface area contributed by atoms with Crippen LogP contribution in [0, 0.1) is 5.92 Å². The number of rotatable bonds is 5. The number of aryl methyl sites for hydroxylation is 1. The van der Waals surface area contributed by atoms with Crippen molar-refractivity contribution in [3.05, 3.63) is 24.0 Å². The van der Waals surface area contributed by atoms with Gasteiger partial charge in [-0.2, -0.15) is 0 Å². The van der Waals surface area contributed by atoms with Gasteiger partial charge in [0.05, 0.1) is 0 Å². The zero-order valence-corrected chi connectivity index (χ0v) is 10.7. The molecule has 1 fully saturated rings. The fraction of sp³-hybridized carbons (Fsp3) is 0.714. The molecule has 3 nitrogen and oxygen atoms in total. The molecule has 0 atom stereocenters. The molecule has 3 heteroatoms. The van der Waals surface area contributed by atoms with Crippen molar-refractivity contribution in [2.45, 2.75) is 51.7 Å². The number of aliphatic hydroxyl groups excluding tert-OH is 1. The molecule has 1 heterocycles. The minimum Gasteiger partial charge on any atom is -0.396 e. The Morgan fingerprint density at radius 2 is 2.12 bits per heavy atom. The maximum atomic E-state index is 9.09. The van der Waals surface area contributed by atoms with Crippen LogP contribution in [0.3, 0.4) is 0 Å². The van der Waals surface area contributed by atoms with Gasteiger partial charge in [-0.25, -0.2) is 0 Å². The first-order valence-electron chi connectivity index (χ1n) is 6.80. The molecule has 0 aliphatic heterocycles. The zero-order chi connectivity index (χ0) is 12.1. The molecule has 2 rings (SSSR count). The van der Waals surface area contributed by atoms with Crippen LogP contribution >= 0.6 is 0 Å². The maximum Gasteiger partial charge on any atom is 0.0459 e. The Kier molecular flexibility index (Phi) is 4.63. The third kappa shape index (κ3) is 3.58. The molecule has 0 saturated heterocycles. The lowest BCUT2D eigenvalue weighted by molar-refractivity contribution is 0.175. The second kappa shape index (κ2) is 6.22. The van der Waals surface area contributed by atoms with E-state index in [1.165, 1.54) is 31.2 Å². The highest BCUT2D eigenvalue weighted by Gasteiger charge is 2.19. The fourth-order valence-corrected chi connectivity index (χ4v) is 2.60. The van der Waals surface area contributed by atoms with Gasteiger partial charge in [0.1, 0.15) is 0 Å². The number of nitrogens with one attached hydrogen (secondary N) is 1. The van der Waals surface area contributed by atoms with Crippen molar-refractivity contribution in [2.75, 3.05) is 6.61 Å². The van der Waals surface area contributed by atoms with Gasteiger partial charge in [0.15, 0.2) is 0 Å². The van der Waals surface area contributed by atoms with E-state index < -0.39 is 0 Å². The predicted molar refractivity (Wildman–Crippen MR) is 69.8 cm³/mol. The Balaban J connectivity index is 1.72. The Morgan fingerprint density at radius 1 is 1.35 bits per heavy atom. The predicted octanol–water partition coefficient (Wildman–Crippen LogP) is 2.15. The van der Waals surface area contributed by atoms with Crippen molar-refractivity contribution in [1.29, 1.82) is 0 Å². The van der Waals surface area contributed by atoms with Crippen LogP contribution in [0.25, 0.3) is 0 Å². The van der Waals surface area contributed by atoms with Crippen molar-refractivity contribution < 1.29 is 5.11 Å². The monoisotopic (exact) mass is 236 g/mol. The van der Waals surface area contributed by atoms with Gasteiger partial charge >= 0.3 is 0 Å². The number of nitrogens with zero attached hydrogens (tertiary/aromatic N) is 1. The van der Waals surface area contributed by atoms with E-state index in [1.807, 2.05) is 0 Å². The molecular formula is C14H24N2O. The first-order valence-corrected chi connectivity index (χ1v) is 6.80. The zero-order valence-electron chi connectivity index (χ0n) is 10.7. The molecule has 0 amide bonds. The highest BCUT2D eigenvalue weighted by molar-refractivity contribution is 5.10. The van der Waals surface area contributed by atoms with Crippen LogP contribution in [0.5, 0.6) is 0 Å². The quantitative estimate of drug-likeness (QED) is 0.822. The largest absolute Gasteiger partial charge is 0.396 e. The van der Waals surface area contributed by atoms with E-state index in [0.29, 0.717) is 18.6 Å². The van der Waals surface area contributed by atoms with E-state index in [1.54, 1.807) is 0 Å². The van der Waals surface area contributed by atoms with Gasteiger partial charge in [-0.15, -0.1) is 0 Å². The topological polar surface area (TPSA) is 37.2 Å². The third-order valence-electron chi connectivity index (χ3n) is 3.88. The second-order valence-corrected chi connectivity index (χ2v) is 5.13. The van der Waals surface area contributed by atoms with Crippen molar-refractivity contribution in [2.24, 2.45) is 5.92 Å². The Bertz CT molecular complexity index is 327. The summed E-state index contributed by atoms with van der Waals surface area (Å²) >= 11 is 0. The van der Waals surface area contributed by atoms with Gasteiger partial charge in [-0.05, 0) is 50.2 Å². The van der Waals surface area contributed by atoms with E-state index in [9.17, 15) is 0 Å². The van der Waals surface area contributed by atoms with Gasteiger partial charge in [-0.1, -0.05) is 0 Å². The number of hydrogen-bond donors (Lipinski definition) is 2. The molecule has 1 aliphatic rings. The normalized spacial score (nSPS) is 25.1. The highest BCUT2D eigenvalue weighted by Crippen LogP contribution is 2.23. The number of aromatic nitrogens is 1. The lowest BCUT2D eigenvalue weighted by atomic mass is 9.86. The van der Waals surface area contributed by atoms with E-state index >= 15 is 0 Å². The van der Waals surface area contributed by atoms with Crippen LogP contribution in [-0.4, -0.2) is 22.3 Å². The Hall–Kier alpha value is -0.800. The molecule has 0 spiro atoms. The van der Waals surface area contributed by atoms with Crippen molar-refractivity contribution in [3.63, 3.8) is 0 Å². The van der Waals surface area contributed by atoms with Gasteiger partial charge in [0.2, 0.25) is 0 Å². The Labute approximate surface area is 104 Å². The molecule has 2 N–H and O–H groups in total. The minimum atomic E-state index is 0.367. The summed E-state index contributed by atoms with van der Waals surface area (Å²) in [6.45, 7) is 4.54. The van der Waals surface area contributed by atoms with Crippen LogP contribution in [0.2, 0.25) is 0 Å². The van der Waals surface area contributed by atoms with E-state index in [-0.39, 0.29) is 0 Å². The van der Waals surface area contributed by atoms with E-state index in [4.69, 9.17) is 5.11 Å². The van der Waals surface area contributed by atoms with Gasteiger partial charge in [0.25, 0.3) is 0 Å². The van der Waals surface area contributed by atoms with Crippen LogP contribution < -0.4 is 5.32 Å². The average Bonchev–Trinajstić information content (AvgIpc) is 2.85. The molecule has 0 bridgehead atoms. The van der Waals surface area contributed by atoms with E-state index in [0.717, 1.165) is 13.1 Å². The summed E-state index contributed by atoms with van der Waals surface area (Å²) in [5.41, 5.74) is 1.37. The number of aliphatic hydroxyl groups is 1. The van der Waals surface area contributed by atoms with Crippen molar-refractivity contribution in [3.8, 4) is 0 Å². The summed E-state index contributed by atoms with van der Waals surface area (Å²) in [4.78, 5) is 0. The highest BCUT2D eigenvalue weighted by atomic mass is 16.3. The van der Waals surface area contributed by atoms with Gasteiger partial charge in [0, 0.05) is 38.1 Å². The standard InChI is InChI=1S/C14H24N2O/c1-2-16-8-7-13(10-16)9-15-14-5-3-12(11-17)4-6-14/h7-8,10,12,14-15,17H,2-6,9,11H2,1H3. The summed E-state index contributed by atoms with van der Waals surface area (Å²) in [6.07, 6.45) is 9.11. The minimum absolute atomic E-state index is 0.367. The number of hydrogen-bond acceptors (Lipinski definition) is 2. The van der Waals surface area contributed by atoms with E-state index in [2.05, 4.69) is 35.3 Å². The molecule has 0 unspecified atom stereocenters. The maximum absolute atomic E-state index is 9.09. The molecule has 96 valence electrons. The molecule has 0 aromatic carbocycles. The summed E-state index contributed by atoms with van der Waals surface area (Å²) in [7, 11) is 0. The fourth-order valence-electron chi connectivity index (χ4n) is 2.60. The van der Waals surface area contributed by atoms with Crippen molar-refractivity contribution >= 4 is 0 Å². The average molecular weight is 236 g/mol.